The van der Waals surface area contributed by atoms with E-state index in [-0.39, 0.29) is 12.8 Å². The molecule has 1 aliphatic carbocycles. The maximum absolute atomic E-state index is 11.7. The van der Waals surface area contributed by atoms with Crippen LogP contribution in [0.25, 0.3) is 0 Å². The first-order valence-corrected chi connectivity index (χ1v) is 5.25. The Morgan fingerprint density at radius 1 is 1.20 bits per heavy atom. The number of hydrogen-bond donors (Lipinski definition) is 1. The summed E-state index contributed by atoms with van der Waals surface area (Å²) >= 11 is 0. The molecule has 0 saturated heterocycles. The minimum Gasteiger partial charge on any atom is -0.390 e. The van der Waals surface area contributed by atoms with Gasteiger partial charge in [-0.05, 0) is 32.6 Å². The van der Waals surface area contributed by atoms with E-state index < -0.39 is 18.1 Å². The first kappa shape index (κ1) is 14.7. The number of rotatable bonds is 1. The van der Waals surface area contributed by atoms with Gasteiger partial charge in [-0.15, -0.1) is 13.2 Å². The maximum atomic E-state index is 11.7. The van der Waals surface area contributed by atoms with Gasteiger partial charge in [0.1, 0.15) is 0 Å². The van der Waals surface area contributed by atoms with Crippen LogP contribution in [0.1, 0.15) is 46.5 Å². The molecule has 1 fully saturated rings. The zero-order valence-electron chi connectivity index (χ0n) is 9.40. The van der Waals surface area contributed by atoms with E-state index in [4.69, 9.17) is 0 Å². The minimum absolute atomic E-state index is 0.270. The molecule has 0 heterocycles. The number of ether oxygens (including phenoxy) is 1. The van der Waals surface area contributed by atoms with Gasteiger partial charge in [0.2, 0.25) is 0 Å². The zero-order chi connectivity index (χ0) is 12.1. The Labute approximate surface area is 88.4 Å². The Morgan fingerprint density at radius 3 is 1.93 bits per heavy atom. The van der Waals surface area contributed by atoms with Crippen molar-refractivity contribution in [3.63, 3.8) is 0 Å². The van der Waals surface area contributed by atoms with Crippen LogP contribution >= 0.6 is 0 Å². The van der Waals surface area contributed by atoms with Crippen molar-refractivity contribution in [3.05, 3.63) is 0 Å². The summed E-state index contributed by atoms with van der Waals surface area (Å²) in [6.07, 6.45) is -4.05. The maximum Gasteiger partial charge on any atom is 0.522 e. The summed E-state index contributed by atoms with van der Waals surface area (Å²) in [5, 5.41) is 9.45. The van der Waals surface area contributed by atoms with Crippen LogP contribution in [0.2, 0.25) is 0 Å². The minimum atomic E-state index is -4.55. The fraction of sp³-hybridized carbons (Fsp3) is 1.00. The molecule has 0 aromatic heterocycles. The predicted octanol–water partition coefficient (Wildman–Crippen LogP) is 3.24. The second-order valence-corrected chi connectivity index (χ2v) is 3.76. The number of aliphatic hydroxyl groups is 1. The Morgan fingerprint density at radius 2 is 1.60 bits per heavy atom. The van der Waals surface area contributed by atoms with Gasteiger partial charge in [-0.25, -0.2) is 0 Å². The molecule has 0 bridgehead atoms. The van der Waals surface area contributed by atoms with E-state index in [1.54, 1.807) is 6.92 Å². The van der Waals surface area contributed by atoms with Gasteiger partial charge in [0.05, 0.1) is 11.7 Å². The number of hydrogen-bond acceptors (Lipinski definition) is 2. The molecule has 1 saturated carbocycles. The third-order valence-corrected chi connectivity index (χ3v) is 2.31. The van der Waals surface area contributed by atoms with Crippen molar-refractivity contribution in [2.45, 2.75) is 64.5 Å². The lowest BCUT2D eigenvalue weighted by Gasteiger charge is -2.33. The van der Waals surface area contributed by atoms with Gasteiger partial charge in [0, 0.05) is 0 Å². The Hall–Kier alpha value is -0.290. The molecular formula is C10H19F3O2. The van der Waals surface area contributed by atoms with Crippen LogP contribution < -0.4 is 0 Å². The van der Waals surface area contributed by atoms with Gasteiger partial charge in [-0.1, -0.05) is 13.8 Å². The van der Waals surface area contributed by atoms with Crippen LogP contribution in [-0.4, -0.2) is 23.2 Å². The lowest BCUT2D eigenvalue weighted by molar-refractivity contribution is -0.347. The zero-order valence-corrected chi connectivity index (χ0v) is 9.40. The average Bonchev–Trinajstić information content (AvgIpc) is 2.10. The fourth-order valence-corrected chi connectivity index (χ4v) is 1.52. The van der Waals surface area contributed by atoms with Crippen molar-refractivity contribution in [3.8, 4) is 0 Å². The summed E-state index contributed by atoms with van der Waals surface area (Å²) in [7, 11) is 0. The van der Waals surface area contributed by atoms with E-state index in [0.717, 1.165) is 0 Å². The largest absolute Gasteiger partial charge is 0.522 e. The summed E-state index contributed by atoms with van der Waals surface area (Å²) < 4.78 is 39.1. The highest BCUT2D eigenvalue weighted by Gasteiger charge is 2.37. The smallest absolute Gasteiger partial charge is 0.390 e. The molecule has 0 aromatic rings. The highest BCUT2D eigenvalue weighted by molar-refractivity contribution is 4.81. The Bertz CT molecular complexity index is 168. The van der Waals surface area contributed by atoms with Gasteiger partial charge in [0.25, 0.3) is 0 Å². The average molecular weight is 228 g/mol. The number of alkyl halides is 3. The standard InChI is InChI=1S/C8H13F3O2.C2H6/c1-7(12)4-2-6(3-5-7)13-8(9,10)11;1-2/h6,12H,2-5H2,1H3;1-2H3. The van der Waals surface area contributed by atoms with E-state index in [2.05, 4.69) is 4.74 Å². The van der Waals surface area contributed by atoms with Gasteiger partial charge in [0.15, 0.2) is 0 Å². The van der Waals surface area contributed by atoms with Crippen LogP contribution in [0.3, 0.4) is 0 Å². The molecule has 0 radical (unpaired) electrons. The monoisotopic (exact) mass is 228 g/mol. The molecule has 5 heteroatoms. The van der Waals surface area contributed by atoms with Crippen molar-refractivity contribution in [1.82, 2.24) is 0 Å². The molecule has 0 atom stereocenters. The van der Waals surface area contributed by atoms with Crippen molar-refractivity contribution in [1.29, 1.82) is 0 Å². The van der Waals surface area contributed by atoms with Gasteiger partial charge in [-0.2, -0.15) is 0 Å². The predicted molar refractivity (Wildman–Crippen MR) is 51.4 cm³/mol. The molecule has 0 aliphatic heterocycles. The second-order valence-electron chi connectivity index (χ2n) is 3.76. The van der Waals surface area contributed by atoms with Crippen molar-refractivity contribution in [2.75, 3.05) is 0 Å². The third-order valence-electron chi connectivity index (χ3n) is 2.31. The summed E-state index contributed by atoms with van der Waals surface area (Å²) in [6.45, 7) is 5.64. The van der Waals surface area contributed by atoms with Gasteiger partial charge < -0.3 is 5.11 Å². The molecule has 0 amide bonds. The molecule has 1 N–H and O–H groups in total. The molecule has 1 aliphatic rings. The van der Waals surface area contributed by atoms with E-state index in [9.17, 15) is 18.3 Å². The van der Waals surface area contributed by atoms with E-state index >= 15 is 0 Å². The summed E-state index contributed by atoms with van der Waals surface area (Å²) in [5.74, 6) is 0. The van der Waals surface area contributed by atoms with Crippen LogP contribution in [0.4, 0.5) is 13.2 Å². The molecule has 15 heavy (non-hydrogen) atoms. The first-order valence-electron chi connectivity index (χ1n) is 5.25. The van der Waals surface area contributed by atoms with Gasteiger partial charge in [-0.3, -0.25) is 4.74 Å². The van der Waals surface area contributed by atoms with Crippen LogP contribution in [-0.2, 0) is 4.74 Å². The van der Waals surface area contributed by atoms with Crippen molar-refractivity contribution in [2.24, 2.45) is 0 Å². The van der Waals surface area contributed by atoms with Crippen LogP contribution in [0.5, 0.6) is 0 Å². The van der Waals surface area contributed by atoms with Crippen molar-refractivity contribution >= 4 is 0 Å². The van der Waals surface area contributed by atoms with E-state index in [0.29, 0.717) is 12.8 Å². The summed E-state index contributed by atoms with van der Waals surface area (Å²) in [5.41, 5.74) is -0.814. The SMILES string of the molecule is CC.CC1(O)CCC(OC(F)(F)F)CC1. The molecule has 0 aromatic carbocycles. The van der Waals surface area contributed by atoms with Crippen LogP contribution in [0, 0.1) is 0 Å². The lowest BCUT2D eigenvalue weighted by atomic mass is 9.85. The number of halogens is 3. The highest BCUT2D eigenvalue weighted by Crippen LogP contribution is 2.32. The molecular weight excluding hydrogens is 209 g/mol. The molecule has 2 nitrogen and oxygen atoms in total. The molecule has 92 valence electrons. The third kappa shape index (κ3) is 6.73. The molecule has 0 unspecified atom stereocenters. The lowest BCUT2D eigenvalue weighted by Crippen LogP contribution is -2.35. The molecule has 0 spiro atoms. The quantitative estimate of drug-likeness (QED) is 0.746. The van der Waals surface area contributed by atoms with E-state index in [1.165, 1.54) is 0 Å². The second kappa shape index (κ2) is 5.70. The molecule has 1 rings (SSSR count). The first-order chi connectivity index (χ1) is 6.79. The van der Waals surface area contributed by atoms with E-state index in [1.807, 2.05) is 13.8 Å². The Kier molecular flexibility index (Phi) is 5.59. The highest BCUT2D eigenvalue weighted by atomic mass is 19.4. The summed E-state index contributed by atoms with van der Waals surface area (Å²) in [4.78, 5) is 0. The summed E-state index contributed by atoms with van der Waals surface area (Å²) in [6, 6.07) is 0. The Balaban J connectivity index is 0.000000921. The topological polar surface area (TPSA) is 29.5 Å². The van der Waals surface area contributed by atoms with Crippen LogP contribution in [0.15, 0.2) is 0 Å². The normalized spacial score (nSPS) is 31.8. The fourth-order valence-electron chi connectivity index (χ4n) is 1.52. The van der Waals surface area contributed by atoms with Crippen molar-refractivity contribution < 1.29 is 23.0 Å². The van der Waals surface area contributed by atoms with Gasteiger partial charge >= 0.3 is 6.36 Å².